The summed E-state index contributed by atoms with van der Waals surface area (Å²) in [6.45, 7) is 6.29. The van der Waals surface area contributed by atoms with Crippen LogP contribution >= 0.6 is 0 Å². The molecule has 0 spiro atoms. The molecule has 1 aliphatic rings. The van der Waals surface area contributed by atoms with Crippen molar-refractivity contribution in [2.24, 2.45) is 7.05 Å². The van der Waals surface area contributed by atoms with Gasteiger partial charge in [0.25, 0.3) is 0 Å². The molecule has 1 N–H and O–H groups in total. The van der Waals surface area contributed by atoms with E-state index in [1.807, 2.05) is 33.9 Å². The second kappa shape index (κ2) is 6.28. The molecule has 1 aromatic rings. The van der Waals surface area contributed by atoms with E-state index in [9.17, 15) is 9.59 Å². The van der Waals surface area contributed by atoms with E-state index in [0.29, 0.717) is 19.4 Å². The van der Waals surface area contributed by atoms with Crippen LogP contribution in [0.5, 0.6) is 0 Å². The summed E-state index contributed by atoms with van der Waals surface area (Å²) in [7, 11) is 1.86. The Hall–Kier alpha value is -1.85. The van der Waals surface area contributed by atoms with Crippen LogP contribution in [0.4, 0.5) is 0 Å². The van der Waals surface area contributed by atoms with E-state index in [0.717, 1.165) is 17.8 Å². The van der Waals surface area contributed by atoms with E-state index in [4.69, 9.17) is 0 Å². The number of hydrogen-bond acceptors (Lipinski definition) is 3. The molecule has 0 radical (unpaired) electrons. The summed E-state index contributed by atoms with van der Waals surface area (Å²) in [6.07, 6.45) is 2.16. The molecule has 2 rings (SSSR count). The first-order valence-corrected chi connectivity index (χ1v) is 7.58. The van der Waals surface area contributed by atoms with Gasteiger partial charge in [0, 0.05) is 7.05 Å². The largest absolute Gasteiger partial charge is 0.343 e. The first-order valence-electron chi connectivity index (χ1n) is 7.58. The van der Waals surface area contributed by atoms with Crippen molar-refractivity contribution in [2.45, 2.75) is 58.7 Å². The maximum atomic E-state index is 12.6. The Morgan fingerprint density at radius 1 is 1.33 bits per heavy atom. The normalized spacial score (nSPS) is 22.6. The van der Waals surface area contributed by atoms with E-state index in [1.165, 1.54) is 0 Å². The fourth-order valence-electron chi connectivity index (χ4n) is 2.84. The maximum Gasteiger partial charge on any atom is 0.246 e. The predicted octanol–water partition coefficient (Wildman–Crippen LogP) is 1.13. The summed E-state index contributed by atoms with van der Waals surface area (Å²) in [5, 5.41) is 7.14. The van der Waals surface area contributed by atoms with E-state index in [2.05, 4.69) is 10.4 Å². The molecule has 0 saturated carbocycles. The number of aromatic nitrogens is 2. The number of nitrogens with zero attached hydrogens (tertiary/aromatic N) is 3. The third-order valence-electron chi connectivity index (χ3n) is 3.98. The smallest absolute Gasteiger partial charge is 0.246 e. The summed E-state index contributed by atoms with van der Waals surface area (Å²) >= 11 is 0. The van der Waals surface area contributed by atoms with Crippen molar-refractivity contribution in [3.8, 4) is 0 Å². The van der Waals surface area contributed by atoms with E-state index >= 15 is 0 Å². The lowest BCUT2D eigenvalue weighted by Crippen LogP contribution is -2.62. The molecule has 6 nitrogen and oxygen atoms in total. The highest BCUT2D eigenvalue weighted by atomic mass is 16.2. The molecule has 116 valence electrons. The van der Waals surface area contributed by atoms with Gasteiger partial charge in [-0.25, -0.2) is 0 Å². The average molecular weight is 292 g/mol. The molecule has 6 heteroatoms. The quantitative estimate of drug-likeness (QED) is 0.885. The number of rotatable bonds is 5. The molecule has 21 heavy (non-hydrogen) atoms. The lowest BCUT2D eigenvalue weighted by atomic mass is 10.0. The summed E-state index contributed by atoms with van der Waals surface area (Å²) in [4.78, 5) is 26.6. The van der Waals surface area contributed by atoms with Crippen molar-refractivity contribution >= 4 is 11.8 Å². The third kappa shape index (κ3) is 3.09. The van der Waals surface area contributed by atoms with Crippen LogP contribution in [-0.4, -0.2) is 38.6 Å². The fourth-order valence-corrected chi connectivity index (χ4v) is 2.84. The second-order valence-electron chi connectivity index (χ2n) is 5.64. The van der Waals surface area contributed by atoms with Gasteiger partial charge in [0.1, 0.15) is 12.1 Å². The molecule has 0 aromatic carbocycles. The van der Waals surface area contributed by atoms with Crippen LogP contribution in [0.1, 0.15) is 44.5 Å². The molecule has 2 heterocycles. The van der Waals surface area contributed by atoms with Gasteiger partial charge in [0.2, 0.25) is 11.8 Å². The Balaban J connectivity index is 2.27. The Labute approximate surface area is 125 Å². The van der Waals surface area contributed by atoms with Crippen molar-refractivity contribution in [3.63, 3.8) is 0 Å². The molecule has 1 fully saturated rings. The van der Waals surface area contributed by atoms with Gasteiger partial charge in [-0.2, -0.15) is 5.10 Å². The minimum absolute atomic E-state index is 0.00871. The number of piperazine rings is 1. The summed E-state index contributed by atoms with van der Waals surface area (Å²) in [5.41, 5.74) is 1.87. The molecule has 2 unspecified atom stereocenters. The van der Waals surface area contributed by atoms with Gasteiger partial charge in [-0.15, -0.1) is 0 Å². The van der Waals surface area contributed by atoms with Crippen LogP contribution in [0.2, 0.25) is 0 Å². The van der Waals surface area contributed by atoms with Gasteiger partial charge >= 0.3 is 0 Å². The van der Waals surface area contributed by atoms with Crippen molar-refractivity contribution in [2.75, 3.05) is 0 Å². The number of aryl methyl sites for hydroxylation is 2. The molecule has 2 amide bonds. The van der Waals surface area contributed by atoms with Gasteiger partial charge in [-0.05, 0) is 25.8 Å². The van der Waals surface area contributed by atoms with Crippen LogP contribution < -0.4 is 5.32 Å². The van der Waals surface area contributed by atoms with Gasteiger partial charge < -0.3 is 10.2 Å². The molecular formula is C15H24N4O2. The van der Waals surface area contributed by atoms with Gasteiger partial charge in [-0.1, -0.05) is 20.3 Å². The standard InChI is InChI=1S/C15H24N4O2/c1-5-7-13-14(20)16-12(6-2)15(21)19(13)9-11-8-10(3)17-18(11)4/h8,12-13H,5-7,9H2,1-4H3,(H,16,20). The van der Waals surface area contributed by atoms with Crippen molar-refractivity contribution in [1.82, 2.24) is 20.0 Å². The van der Waals surface area contributed by atoms with Gasteiger partial charge in [-0.3, -0.25) is 14.3 Å². The molecule has 0 bridgehead atoms. The topological polar surface area (TPSA) is 67.2 Å². The zero-order valence-electron chi connectivity index (χ0n) is 13.2. The number of hydrogen-bond donors (Lipinski definition) is 1. The zero-order chi connectivity index (χ0) is 15.6. The molecule has 0 aliphatic carbocycles. The van der Waals surface area contributed by atoms with E-state index < -0.39 is 6.04 Å². The summed E-state index contributed by atoms with van der Waals surface area (Å²) < 4.78 is 1.78. The first-order chi connectivity index (χ1) is 9.97. The molecule has 1 aromatic heterocycles. The average Bonchev–Trinajstić information content (AvgIpc) is 2.75. The summed E-state index contributed by atoms with van der Waals surface area (Å²) in [6, 6.07) is 1.18. The summed E-state index contributed by atoms with van der Waals surface area (Å²) in [5.74, 6) is -0.0309. The van der Waals surface area contributed by atoms with Crippen LogP contribution in [0.15, 0.2) is 6.07 Å². The Bertz CT molecular complexity index is 538. The molecule has 2 atom stereocenters. The Morgan fingerprint density at radius 2 is 2.05 bits per heavy atom. The maximum absolute atomic E-state index is 12.6. The fraction of sp³-hybridized carbons (Fsp3) is 0.667. The molecule has 1 saturated heterocycles. The predicted molar refractivity (Wildman–Crippen MR) is 79.4 cm³/mol. The highest BCUT2D eigenvalue weighted by Gasteiger charge is 2.39. The zero-order valence-corrected chi connectivity index (χ0v) is 13.2. The third-order valence-corrected chi connectivity index (χ3v) is 3.98. The van der Waals surface area contributed by atoms with Gasteiger partial charge in [0.15, 0.2) is 0 Å². The van der Waals surface area contributed by atoms with Crippen LogP contribution in [0.3, 0.4) is 0 Å². The lowest BCUT2D eigenvalue weighted by molar-refractivity contribution is -0.150. The van der Waals surface area contributed by atoms with E-state index in [-0.39, 0.29) is 17.9 Å². The molecule has 1 aliphatic heterocycles. The number of carbonyl (C=O) groups is 2. The number of carbonyl (C=O) groups excluding carboxylic acids is 2. The van der Waals surface area contributed by atoms with Crippen molar-refractivity contribution < 1.29 is 9.59 Å². The van der Waals surface area contributed by atoms with Gasteiger partial charge in [0.05, 0.1) is 17.9 Å². The van der Waals surface area contributed by atoms with Crippen LogP contribution in [0, 0.1) is 6.92 Å². The van der Waals surface area contributed by atoms with Crippen molar-refractivity contribution in [1.29, 1.82) is 0 Å². The van der Waals surface area contributed by atoms with Crippen LogP contribution in [-0.2, 0) is 23.2 Å². The second-order valence-corrected chi connectivity index (χ2v) is 5.64. The van der Waals surface area contributed by atoms with Crippen LogP contribution in [0.25, 0.3) is 0 Å². The minimum Gasteiger partial charge on any atom is -0.343 e. The monoisotopic (exact) mass is 292 g/mol. The number of nitrogens with one attached hydrogen (secondary N) is 1. The highest BCUT2D eigenvalue weighted by Crippen LogP contribution is 2.19. The first kappa shape index (κ1) is 15.5. The number of amides is 2. The Kier molecular flexibility index (Phi) is 4.65. The Morgan fingerprint density at radius 3 is 2.57 bits per heavy atom. The minimum atomic E-state index is -0.403. The molecular weight excluding hydrogens is 268 g/mol. The van der Waals surface area contributed by atoms with E-state index in [1.54, 1.807) is 9.58 Å². The van der Waals surface area contributed by atoms with Crippen molar-refractivity contribution in [3.05, 3.63) is 17.5 Å². The SMILES string of the molecule is CCCC1C(=O)NC(CC)C(=O)N1Cc1cc(C)nn1C. The lowest BCUT2D eigenvalue weighted by Gasteiger charge is -2.38. The highest BCUT2D eigenvalue weighted by molar-refractivity contribution is 5.96.